The van der Waals surface area contributed by atoms with Gasteiger partial charge in [-0.1, -0.05) is 54.3 Å². The van der Waals surface area contributed by atoms with Crippen molar-refractivity contribution in [3.63, 3.8) is 0 Å². The van der Waals surface area contributed by atoms with E-state index < -0.39 is 0 Å². The Kier molecular flexibility index (Phi) is 5.50. The highest BCUT2D eigenvalue weighted by atomic mass is 35.5. The minimum absolute atomic E-state index is 0.0892. The van der Waals surface area contributed by atoms with E-state index >= 15 is 0 Å². The van der Waals surface area contributed by atoms with Crippen molar-refractivity contribution in [2.24, 2.45) is 0 Å². The quantitative estimate of drug-likeness (QED) is 0.701. The minimum atomic E-state index is -0.0892. The summed E-state index contributed by atoms with van der Waals surface area (Å²) in [6.07, 6.45) is 4.58. The summed E-state index contributed by atoms with van der Waals surface area (Å²) in [4.78, 5) is 0. The fraction of sp³-hybridized carbons (Fsp3) is 0.350. The summed E-state index contributed by atoms with van der Waals surface area (Å²) in [7, 11) is 1.60. The number of nitrogens with one attached hydrogen (secondary N) is 2. The van der Waals surface area contributed by atoms with E-state index in [-0.39, 0.29) is 5.54 Å². The SMILES string of the molecule is COc1ccc(NC(=S)NC2(c3ccc(C)cc3)CCCC2)cc1Cl. The van der Waals surface area contributed by atoms with Crippen LogP contribution in [0.4, 0.5) is 5.69 Å². The number of halogens is 1. The van der Waals surface area contributed by atoms with Crippen LogP contribution in [0.2, 0.25) is 5.02 Å². The van der Waals surface area contributed by atoms with Crippen LogP contribution in [0.5, 0.6) is 5.75 Å². The maximum absolute atomic E-state index is 6.19. The van der Waals surface area contributed by atoms with Crippen molar-refractivity contribution in [3.8, 4) is 5.75 Å². The molecule has 0 spiro atoms. The van der Waals surface area contributed by atoms with Gasteiger partial charge in [0.05, 0.1) is 17.7 Å². The van der Waals surface area contributed by atoms with Gasteiger partial charge in [0.25, 0.3) is 0 Å². The van der Waals surface area contributed by atoms with Crippen LogP contribution in [-0.4, -0.2) is 12.2 Å². The molecule has 25 heavy (non-hydrogen) atoms. The molecule has 2 aromatic carbocycles. The number of hydrogen-bond acceptors (Lipinski definition) is 2. The molecule has 0 aliphatic heterocycles. The molecule has 0 amide bonds. The second kappa shape index (κ2) is 7.63. The number of hydrogen-bond donors (Lipinski definition) is 2. The van der Waals surface area contributed by atoms with Crippen LogP contribution in [0, 0.1) is 6.92 Å². The first-order valence-corrected chi connectivity index (χ1v) is 9.31. The zero-order valence-electron chi connectivity index (χ0n) is 14.6. The molecule has 0 heterocycles. The molecular formula is C20H23ClN2OS. The van der Waals surface area contributed by atoms with E-state index in [4.69, 9.17) is 28.6 Å². The van der Waals surface area contributed by atoms with Crippen LogP contribution >= 0.6 is 23.8 Å². The first kappa shape index (κ1) is 18.0. The normalized spacial score (nSPS) is 15.6. The molecule has 3 rings (SSSR count). The van der Waals surface area contributed by atoms with Gasteiger partial charge in [-0.25, -0.2) is 0 Å². The molecular weight excluding hydrogens is 352 g/mol. The fourth-order valence-corrected chi connectivity index (χ4v) is 4.03. The number of aryl methyl sites for hydroxylation is 1. The van der Waals surface area contributed by atoms with Crippen molar-refractivity contribution in [1.82, 2.24) is 5.32 Å². The minimum Gasteiger partial charge on any atom is -0.495 e. The summed E-state index contributed by atoms with van der Waals surface area (Å²) < 4.78 is 5.19. The van der Waals surface area contributed by atoms with Crippen LogP contribution in [0.25, 0.3) is 0 Å². The predicted octanol–water partition coefficient (Wildman–Crippen LogP) is 5.41. The standard InChI is InChI=1S/C20H23ClN2OS/c1-14-5-7-15(8-6-14)20(11-3-4-12-20)23-19(25)22-16-9-10-18(24-2)17(21)13-16/h5-10,13H,3-4,11-12H2,1-2H3,(H2,22,23,25). The average molecular weight is 375 g/mol. The molecule has 2 N–H and O–H groups in total. The molecule has 5 heteroatoms. The molecule has 1 saturated carbocycles. The van der Waals surface area contributed by atoms with Gasteiger partial charge in [0.2, 0.25) is 0 Å². The zero-order chi connectivity index (χ0) is 17.9. The molecule has 0 bridgehead atoms. The highest BCUT2D eigenvalue weighted by Crippen LogP contribution is 2.39. The lowest BCUT2D eigenvalue weighted by Crippen LogP contribution is -2.45. The maximum atomic E-state index is 6.19. The second-order valence-electron chi connectivity index (χ2n) is 6.58. The molecule has 1 aliphatic rings. The monoisotopic (exact) mass is 374 g/mol. The van der Waals surface area contributed by atoms with E-state index in [1.807, 2.05) is 18.2 Å². The van der Waals surface area contributed by atoms with Crippen molar-refractivity contribution in [2.75, 3.05) is 12.4 Å². The van der Waals surface area contributed by atoms with Crippen LogP contribution in [0.1, 0.15) is 36.8 Å². The Morgan fingerprint density at radius 3 is 2.40 bits per heavy atom. The number of methoxy groups -OCH3 is 1. The number of rotatable bonds is 4. The summed E-state index contributed by atoms with van der Waals surface area (Å²) in [6.45, 7) is 2.11. The first-order valence-electron chi connectivity index (χ1n) is 8.52. The van der Waals surface area contributed by atoms with Gasteiger partial charge in [-0.2, -0.15) is 0 Å². The molecule has 0 radical (unpaired) electrons. The molecule has 3 nitrogen and oxygen atoms in total. The summed E-state index contributed by atoms with van der Waals surface area (Å²) in [5, 5.41) is 7.99. The zero-order valence-corrected chi connectivity index (χ0v) is 16.1. The maximum Gasteiger partial charge on any atom is 0.171 e. The van der Waals surface area contributed by atoms with E-state index in [1.54, 1.807) is 7.11 Å². The van der Waals surface area contributed by atoms with Crippen LogP contribution in [-0.2, 0) is 5.54 Å². The van der Waals surface area contributed by atoms with Gasteiger partial charge >= 0.3 is 0 Å². The average Bonchev–Trinajstić information content (AvgIpc) is 3.05. The molecule has 132 valence electrons. The van der Waals surface area contributed by atoms with Crippen molar-refractivity contribution in [2.45, 2.75) is 38.1 Å². The second-order valence-corrected chi connectivity index (χ2v) is 7.40. The van der Waals surface area contributed by atoms with E-state index in [1.165, 1.54) is 24.0 Å². The van der Waals surface area contributed by atoms with Gasteiger partial charge < -0.3 is 15.4 Å². The number of benzene rings is 2. The molecule has 0 aromatic heterocycles. The molecule has 0 atom stereocenters. The summed E-state index contributed by atoms with van der Waals surface area (Å²) >= 11 is 11.8. The number of thiocarbonyl (C=S) groups is 1. The fourth-order valence-electron chi connectivity index (χ4n) is 3.46. The van der Waals surface area contributed by atoms with Crippen molar-refractivity contribution < 1.29 is 4.74 Å². The lowest BCUT2D eigenvalue weighted by molar-refractivity contribution is 0.408. The largest absolute Gasteiger partial charge is 0.495 e. The Morgan fingerprint density at radius 2 is 1.80 bits per heavy atom. The van der Waals surface area contributed by atoms with Crippen molar-refractivity contribution in [3.05, 3.63) is 58.6 Å². The molecule has 0 saturated heterocycles. The smallest absolute Gasteiger partial charge is 0.171 e. The Morgan fingerprint density at radius 1 is 1.12 bits per heavy atom. The number of ether oxygens (including phenoxy) is 1. The van der Waals surface area contributed by atoms with Gasteiger partial charge in [0.15, 0.2) is 5.11 Å². The van der Waals surface area contributed by atoms with Gasteiger partial charge in [0, 0.05) is 5.69 Å². The predicted molar refractivity (Wildman–Crippen MR) is 109 cm³/mol. The Balaban J connectivity index is 1.75. The molecule has 1 fully saturated rings. The third-order valence-electron chi connectivity index (χ3n) is 4.82. The lowest BCUT2D eigenvalue weighted by atomic mass is 9.88. The molecule has 1 aliphatic carbocycles. The van der Waals surface area contributed by atoms with Crippen LogP contribution < -0.4 is 15.4 Å². The first-order chi connectivity index (χ1) is 12.0. The van der Waals surface area contributed by atoms with Crippen molar-refractivity contribution >= 4 is 34.6 Å². The Bertz CT molecular complexity index is 755. The van der Waals surface area contributed by atoms with Gasteiger partial charge in [-0.3, -0.25) is 0 Å². The number of anilines is 1. The Labute approximate surface area is 159 Å². The summed E-state index contributed by atoms with van der Waals surface area (Å²) in [5.41, 5.74) is 3.33. The summed E-state index contributed by atoms with van der Waals surface area (Å²) in [6, 6.07) is 14.3. The third-order valence-corrected chi connectivity index (χ3v) is 5.32. The van der Waals surface area contributed by atoms with Crippen LogP contribution in [0.3, 0.4) is 0 Å². The van der Waals surface area contributed by atoms with E-state index in [0.717, 1.165) is 18.5 Å². The van der Waals surface area contributed by atoms with Gasteiger partial charge in [-0.15, -0.1) is 0 Å². The Hall–Kier alpha value is -1.78. The van der Waals surface area contributed by atoms with E-state index in [9.17, 15) is 0 Å². The highest BCUT2D eigenvalue weighted by Gasteiger charge is 2.36. The van der Waals surface area contributed by atoms with E-state index in [2.05, 4.69) is 41.8 Å². The summed E-state index contributed by atoms with van der Waals surface area (Å²) in [5.74, 6) is 0.651. The van der Waals surface area contributed by atoms with Crippen LogP contribution in [0.15, 0.2) is 42.5 Å². The topological polar surface area (TPSA) is 33.3 Å². The highest BCUT2D eigenvalue weighted by molar-refractivity contribution is 7.80. The molecule has 0 unspecified atom stereocenters. The molecule has 2 aromatic rings. The lowest BCUT2D eigenvalue weighted by Gasteiger charge is -2.32. The van der Waals surface area contributed by atoms with E-state index in [0.29, 0.717) is 15.9 Å². The third kappa shape index (κ3) is 4.07. The van der Waals surface area contributed by atoms with Gasteiger partial charge in [-0.05, 0) is 55.7 Å². The van der Waals surface area contributed by atoms with Gasteiger partial charge in [0.1, 0.15) is 5.75 Å². The van der Waals surface area contributed by atoms with Crippen molar-refractivity contribution in [1.29, 1.82) is 0 Å².